The number of nitrogens with zero attached hydrogens (tertiary/aromatic N) is 1. The molecule has 0 aliphatic carbocycles. The van der Waals surface area contributed by atoms with E-state index in [1.54, 1.807) is 0 Å². The number of oxime groups is 1. The third-order valence-corrected chi connectivity index (χ3v) is 3.19. The lowest BCUT2D eigenvalue weighted by molar-refractivity contribution is 0.0944. The van der Waals surface area contributed by atoms with Gasteiger partial charge in [-0.05, 0) is 40.5 Å². The van der Waals surface area contributed by atoms with Crippen molar-refractivity contribution in [1.29, 1.82) is 0 Å². The molecule has 1 unspecified atom stereocenters. The number of amides is 1. The van der Waals surface area contributed by atoms with Crippen LogP contribution in [0.1, 0.15) is 30.1 Å². The van der Waals surface area contributed by atoms with Gasteiger partial charge in [0, 0.05) is 4.47 Å². The van der Waals surface area contributed by atoms with E-state index in [0.29, 0.717) is 10.9 Å². The molecule has 0 aromatic heterocycles. The highest BCUT2D eigenvalue weighted by Gasteiger charge is 2.18. The fourth-order valence-electron chi connectivity index (χ4n) is 1.56. The molecule has 1 aromatic rings. The summed E-state index contributed by atoms with van der Waals surface area (Å²) >= 11 is 3.12. The summed E-state index contributed by atoms with van der Waals surface area (Å²) in [5.41, 5.74) is 5.79. The second-order valence-corrected chi connectivity index (χ2v) is 4.82. The minimum Gasteiger partial charge on any atom is -0.409 e. The Morgan fingerprint density at radius 1 is 1.63 bits per heavy atom. The quantitative estimate of drug-likeness (QED) is 0.334. The molecule has 0 saturated carbocycles. The monoisotopic (exact) mass is 331 g/mol. The zero-order valence-electron chi connectivity index (χ0n) is 10.4. The van der Waals surface area contributed by atoms with Crippen molar-refractivity contribution in [2.24, 2.45) is 10.9 Å². The van der Waals surface area contributed by atoms with E-state index in [2.05, 4.69) is 26.4 Å². The van der Waals surface area contributed by atoms with Crippen LogP contribution in [0, 0.1) is 5.82 Å². The van der Waals surface area contributed by atoms with Crippen molar-refractivity contribution in [3.63, 3.8) is 0 Å². The number of nitrogens with two attached hydrogens (primary N) is 1. The fourth-order valence-corrected chi connectivity index (χ4v) is 2.09. The maximum absolute atomic E-state index is 12.9. The summed E-state index contributed by atoms with van der Waals surface area (Å²) in [6.07, 6.45) is 1.30. The number of nitrogens with one attached hydrogen (secondary N) is 1. The molecule has 7 heteroatoms. The number of carbonyl (C=O) groups is 1. The zero-order valence-corrected chi connectivity index (χ0v) is 11.9. The van der Waals surface area contributed by atoms with Crippen LogP contribution in [0.4, 0.5) is 4.39 Å². The molecule has 1 aromatic carbocycles. The van der Waals surface area contributed by atoms with Gasteiger partial charge in [0.15, 0.2) is 5.84 Å². The van der Waals surface area contributed by atoms with Crippen molar-refractivity contribution in [3.05, 3.63) is 34.1 Å². The van der Waals surface area contributed by atoms with Crippen LogP contribution in [-0.2, 0) is 0 Å². The van der Waals surface area contributed by atoms with Crippen LogP contribution in [-0.4, -0.2) is 23.0 Å². The average molecular weight is 332 g/mol. The Hall–Kier alpha value is -1.63. The van der Waals surface area contributed by atoms with Gasteiger partial charge in [-0.25, -0.2) is 4.39 Å². The predicted octanol–water partition coefficient (Wildman–Crippen LogP) is 2.23. The van der Waals surface area contributed by atoms with Gasteiger partial charge < -0.3 is 16.3 Å². The second-order valence-electron chi connectivity index (χ2n) is 3.96. The van der Waals surface area contributed by atoms with Crippen LogP contribution in [0.15, 0.2) is 27.8 Å². The number of rotatable bonds is 5. The molecule has 1 rings (SSSR count). The number of hydrogen-bond acceptors (Lipinski definition) is 3. The van der Waals surface area contributed by atoms with E-state index in [4.69, 9.17) is 10.9 Å². The van der Waals surface area contributed by atoms with Gasteiger partial charge in [0.05, 0.1) is 11.6 Å². The van der Waals surface area contributed by atoms with Gasteiger partial charge in [-0.15, -0.1) is 0 Å². The lowest BCUT2D eigenvalue weighted by Crippen LogP contribution is -2.44. The molecule has 0 bridgehead atoms. The van der Waals surface area contributed by atoms with Crippen molar-refractivity contribution in [2.75, 3.05) is 0 Å². The van der Waals surface area contributed by atoms with E-state index < -0.39 is 17.8 Å². The molecule has 4 N–H and O–H groups in total. The molecule has 0 aliphatic rings. The molecule has 104 valence electrons. The Balaban J connectivity index is 2.87. The molecule has 0 spiro atoms. The summed E-state index contributed by atoms with van der Waals surface area (Å²) in [6.45, 7) is 1.91. The topological polar surface area (TPSA) is 87.7 Å². The van der Waals surface area contributed by atoms with Gasteiger partial charge in [0.2, 0.25) is 0 Å². The maximum Gasteiger partial charge on any atom is 0.253 e. The normalized spacial score (nSPS) is 13.1. The molecule has 0 radical (unpaired) electrons. The highest BCUT2D eigenvalue weighted by molar-refractivity contribution is 9.10. The second kappa shape index (κ2) is 7.08. The summed E-state index contributed by atoms with van der Waals surface area (Å²) < 4.78 is 13.3. The average Bonchev–Trinajstić information content (AvgIpc) is 2.37. The van der Waals surface area contributed by atoms with Crippen LogP contribution < -0.4 is 11.1 Å². The molecular weight excluding hydrogens is 317 g/mol. The van der Waals surface area contributed by atoms with Crippen molar-refractivity contribution in [2.45, 2.75) is 25.8 Å². The van der Waals surface area contributed by atoms with Crippen molar-refractivity contribution >= 4 is 27.7 Å². The van der Waals surface area contributed by atoms with Crippen molar-refractivity contribution in [3.8, 4) is 0 Å². The van der Waals surface area contributed by atoms with E-state index in [9.17, 15) is 9.18 Å². The number of amidine groups is 1. The number of halogens is 2. The highest BCUT2D eigenvalue weighted by Crippen LogP contribution is 2.18. The van der Waals surface area contributed by atoms with Gasteiger partial charge in [-0.1, -0.05) is 18.5 Å². The summed E-state index contributed by atoms with van der Waals surface area (Å²) in [5, 5.41) is 14.2. The lowest BCUT2D eigenvalue weighted by atomic mass is 10.1. The maximum atomic E-state index is 12.9. The lowest BCUT2D eigenvalue weighted by Gasteiger charge is -2.17. The highest BCUT2D eigenvalue weighted by atomic mass is 79.9. The van der Waals surface area contributed by atoms with Crippen LogP contribution in [0.2, 0.25) is 0 Å². The van der Waals surface area contributed by atoms with E-state index in [1.165, 1.54) is 18.2 Å². The minimum atomic E-state index is -0.556. The largest absolute Gasteiger partial charge is 0.409 e. The van der Waals surface area contributed by atoms with Gasteiger partial charge in [-0.3, -0.25) is 4.79 Å². The molecule has 0 fully saturated rings. The zero-order chi connectivity index (χ0) is 14.4. The van der Waals surface area contributed by atoms with Crippen LogP contribution in [0.5, 0.6) is 0 Å². The first-order chi connectivity index (χ1) is 8.99. The first-order valence-electron chi connectivity index (χ1n) is 5.73. The van der Waals surface area contributed by atoms with E-state index >= 15 is 0 Å². The molecule has 19 heavy (non-hydrogen) atoms. The number of hydrogen-bond donors (Lipinski definition) is 3. The summed E-state index contributed by atoms with van der Waals surface area (Å²) in [4.78, 5) is 12.0. The fraction of sp³-hybridized carbons (Fsp3) is 0.333. The van der Waals surface area contributed by atoms with Crippen LogP contribution >= 0.6 is 15.9 Å². The smallest absolute Gasteiger partial charge is 0.253 e. The third kappa shape index (κ3) is 4.20. The SMILES string of the molecule is CCCC(NC(=O)c1ccc(F)cc1Br)/C(N)=N/O. The third-order valence-electron chi connectivity index (χ3n) is 2.53. The summed E-state index contributed by atoms with van der Waals surface area (Å²) in [5.74, 6) is -0.921. The molecule has 1 amide bonds. The molecule has 0 saturated heterocycles. The number of carbonyl (C=O) groups excluding carboxylic acids is 1. The van der Waals surface area contributed by atoms with E-state index in [0.717, 1.165) is 6.42 Å². The predicted molar refractivity (Wildman–Crippen MR) is 73.7 cm³/mol. The summed E-state index contributed by atoms with van der Waals surface area (Å²) in [6, 6.07) is 3.20. The summed E-state index contributed by atoms with van der Waals surface area (Å²) in [7, 11) is 0. The Bertz CT molecular complexity index is 494. The molecule has 0 aliphatic heterocycles. The van der Waals surface area contributed by atoms with E-state index in [-0.39, 0.29) is 11.4 Å². The van der Waals surface area contributed by atoms with Gasteiger partial charge in [0.25, 0.3) is 5.91 Å². The minimum absolute atomic E-state index is 0.0616. The number of benzene rings is 1. The first kappa shape index (κ1) is 15.4. The molecular formula is C12H15BrFN3O2. The van der Waals surface area contributed by atoms with Crippen molar-refractivity contribution in [1.82, 2.24) is 5.32 Å². The van der Waals surface area contributed by atoms with Gasteiger partial charge >= 0.3 is 0 Å². The first-order valence-corrected chi connectivity index (χ1v) is 6.52. The van der Waals surface area contributed by atoms with Gasteiger partial charge in [-0.2, -0.15) is 0 Å². The molecule has 5 nitrogen and oxygen atoms in total. The van der Waals surface area contributed by atoms with E-state index in [1.807, 2.05) is 6.92 Å². The Kier molecular flexibility index (Phi) is 5.75. The van der Waals surface area contributed by atoms with Crippen molar-refractivity contribution < 1.29 is 14.4 Å². The Morgan fingerprint density at radius 2 is 2.32 bits per heavy atom. The molecule has 0 heterocycles. The van der Waals surface area contributed by atoms with Crippen LogP contribution in [0.25, 0.3) is 0 Å². The standard InChI is InChI=1S/C12H15BrFN3O2/c1-2-3-10(11(15)17-19)16-12(18)8-5-4-7(14)6-9(8)13/h4-6,10,19H,2-3H2,1H3,(H2,15,17)(H,16,18). The molecule has 1 atom stereocenters. The van der Waals surface area contributed by atoms with Crippen LogP contribution in [0.3, 0.4) is 0 Å². The Labute approximate surface area is 118 Å². The Morgan fingerprint density at radius 3 is 2.84 bits per heavy atom. The van der Waals surface area contributed by atoms with Gasteiger partial charge in [0.1, 0.15) is 5.82 Å².